The van der Waals surface area contributed by atoms with Gasteiger partial charge in [-0.15, -0.1) is 0 Å². The molecule has 1 N–H and O–H groups in total. The van der Waals surface area contributed by atoms with Crippen molar-refractivity contribution in [2.75, 3.05) is 6.61 Å². The van der Waals surface area contributed by atoms with E-state index >= 15 is 4.39 Å². The van der Waals surface area contributed by atoms with Crippen LogP contribution in [-0.2, 0) is 23.5 Å². The highest BCUT2D eigenvalue weighted by Crippen LogP contribution is 2.71. The van der Waals surface area contributed by atoms with Crippen molar-refractivity contribution in [2.24, 2.45) is 28.6 Å². The SMILES string of the molecule is CC(=O)OCC(=O)[C@@]1(O)CC[C@H]2[C@@H]3CC[C@H]4CC(=O)CC[C@]4(C)[C@@]3(F)[C@@H](O[Si](C)(C)C)C[C@@]21C. The molecule has 192 valence electrons. The Morgan fingerprint density at radius 1 is 1.09 bits per heavy atom. The molecule has 0 heterocycles. The molecule has 0 aromatic carbocycles. The summed E-state index contributed by atoms with van der Waals surface area (Å²) in [5.41, 5.74) is -4.85. The van der Waals surface area contributed by atoms with Gasteiger partial charge in [0.2, 0.25) is 5.78 Å². The van der Waals surface area contributed by atoms with Crippen molar-refractivity contribution in [2.45, 2.75) is 109 Å². The summed E-state index contributed by atoms with van der Waals surface area (Å²) in [5, 5.41) is 11.8. The lowest BCUT2D eigenvalue weighted by Crippen LogP contribution is -2.72. The molecule has 8 atom stereocenters. The Morgan fingerprint density at radius 3 is 2.38 bits per heavy atom. The summed E-state index contributed by atoms with van der Waals surface area (Å²) in [6.45, 7) is 10.8. The molecule has 6 nitrogen and oxygen atoms in total. The Bertz CT molecular complexity index is 887. The Balaban J connectivity index is 1.77. The number of esters is 1. The van der Waals surface area contributed by atoms with Crippen molar-refractivity contribution in [3.63, 3.8) is 0 Å². The second-order valence-corrected chi connectivity index (χ2v) is 17.3. The third-order valence-corrected chi connectivity index (χ3v) is 11.0. The fraction of sp³-hybridized carbons (Fsp3) is 0.885. The quantitative estimate of drug-likeness (QED) is 0.449. The number of hydrogen-bond donors (Lipinski definition) is 1. The Labute approximate surface area is 203 Å². The lowest BCUT2D eigenvalue weighted by molar-refractivity contribution is -0.250. The number of aliphatic hydroxyl groups is 1. The molecule has 0 saturated heterocycles. The molecule has 0 unspecified atom stereocenters. The largest absolute Gasteiger partial charge is 0.458 e. The molecule has 8 heteroatoms. The lowest BCUT2D eigenvalue weighted by Gasteiger charge is -2.66. The van der Waals surface area contributed by atoms with Crippen molar-refractivity contribution in [1.82, 2.24) is 0 Å². The zero-order chi connectivity index (χ0) is 25.3. The van der Waals surface area contributed by atoms with E-state index < -0.39 is 54.9 Å². The fourth-order valence-corrected chi connectivity index (χ4v) is 9.43. The monoisotopic (exact) mass is 496 g/mol. The number of halogens is 1. The Kier molecular flexibility index (Phi) is 6.26. The van der Waals surface area contributed by atoms with Crippen LogP contribution in [0.2, 0.25) is 19.6 Å². The maximum atomic E-state index is 17.9. The molecule has 34 heavy (non-hydrogen) atoms. The smallest absolute Gasteiger partial charge is 0.303 e. The van der Waals surface area contributed by atoms with Crippen LogP contribution in [0.25, 0.3) is 0 Å². The van der Waals surface area contributed by atoms with E-state index in [-0.39, 0.29) is 36.4 Å². The fourth-order valence-electron chi connectivity index (χ4n) is 8.32. The highest BCUT2D eigenvalue weighted by molar-refractivity contribution is 6.69. The van der Waals surface area contributed by atoms with E-state index in [1.165, 1.54) is 6.92 Å². The minimum absolute atomic E-state index is 0.00187. The summed E-state index contributed by atoms with van der Waals surface area (Å²) < 4.78 is 29.5. The standard InChI is InChI=1S/C26H41FO6Si/c1-16(28)32-15-21(30)25(31)12-10-19-20-8-7-17-13-18(29)9-11-23(17,2)26(20,27)22(14-24(19,25)3)33-34(4,5)6/h17,19-20,22,31H,7-15H2,1-6H3/t17-,19-,20-,22-,23-,24-,25-,26-/m0/s1. The second kappa shape index (κ2) is 8.20. The van der Waals surface area contributed by atoms with Crippen molar-refractivity contribution >= 4 is 25.9 Å². The highest BCUT2D eigenvalue weighted by atomic mass is 28.4. The van der Waals surface area contributed by atoms with E-state index in [0.717, 1.165) is 6.42 Å². The van der Waals surface area contributed by atoms with E-state index in [9.17, 15) is 19.5 Å². The molecule has 0 aliphatic heterocycles. The molecule has 0 radical (unpaired) electrons. The average molecular weight is 497 g/mol. The van der Waals surface area contributed by atoms with Gasteiger partial charge in [0.25, 0.3) is 0 Å². The van der Waals surface area contributed by atoms with Crippen LogP contribution in [0.1, 0.15) is 72.1 Å². The first-order valence-electron chi connectivity index (χ1n) is 12.9. The molecule has 0 spiro atoms. The minimum Gasteiger partial charge on any atom is -0.458 e. The summed E-state index contributed by atoms with van der Waals surface area (Å²) in [6.07, 6.45) is 3.04. The second-order valence-electron chi connectivity index (χ2n) is 12.9. The van der Waals surface area contributed by atoms with E-state index in [4.69, 9.17) is 9.16 Å². The van der Waals surface area contributed by atoms with Crippen molar-refractivity contribution in [3.05, 3.63) is 0 Å². The van der Waals surface area contributed by atoms with Gasteiger partial charge < -0.3 is 14.3 Å². The zero-order valence-electron chi connectivity index (χ0n) is 21.5. The Morgan fingerprint density at radius 2 is 1.76 bits per heavy atom. The number of ketones is 2. The van der Waals surface area contributed by atoms with Crippen LogP contribution in [0.5, 0.6) is 0 Å². The van der Waals surface area contributed by atoms with E-state index in [0.29, 0.717) is 32.1 Å². The normalized spacial score (nSPS) is 46.3. The van der Waals surface area contributed by atoms with Crippen LogP contribution in [0.15, 0.2) is 0 Å². The van der Waals surface area contributed by atoms with E-state index in [1.54, 1.807) is 0 Å². The van der Waals surface area contributed by atoms with Crippen LogP contribution in [0, 0.1) is 28.6 Å². The molecule has 0 aromatic rings. The zero-order valence-corrected chi connectivity index (χ0v) is 22.5. The molecule has 4 saturated carbocycles. The number of Topliss-reactive ketones (excluding diaryl/α,β-unsaturated/α-hetero) is 2. The predicted molar refractivity (Wildman–Crippen MR) is 127 cm³/mol. The van der Waals surface area contributed by atoms with Crippen LogP contribution in [0.3, 0.4) is 0 Å². The first kappa shape index (κ1) is 26.0. The number of carbonyl (C=O) groups is 3. The maximum absolute atomic E-state index is 17.9. The number of ether oxygens (including phenoxy) is 1. The van der Waals surface area contributed by atoms with Gasteiger partial charge >= 0.3 is 5.97 Å². The minimum atomic E-state index is -2.19. The highest BCUT2D eigenvalue weighted by Gasteiger charge is 2.75. The topological polar surface area (TPSA) is 89.9 Å². The van der Waals surface area contributed by atoms with Gasteiger partial charge in [-0.3, -0.25) is 14.4 Å². The lowest BCUT2D eigenvalue weighted by atomic mass is 9.42. The molecule has 4 aliphatic rings. The van der Waals surface area contributed by atoms with Crippen molar-refractivity contribution < 1.29 is 33.0 Å². The molecule has 0 amide bonds. The number of carbonyl (C=O) groups excluding carboxylic acids is 3. The first-order chi connectivity index (χ1) is 15.6. The number of fused-ring (bicyclic) bond motifs is 5. The molecule has 4 aliphatic carbocycles. The summed E-state index contributed by atoms with van der Waals surface area (Å²) in [6, 6.07) is 0. The van der Waals surface area contributed by atoms with Gasteiger partial charge in [-0.1, -0.05) is 13.8 Å². The van der Waals surface area contributed by atoms with Gasteiger partial charge in [-0.05, 0) is 75.9 Å². The van der Waals surface area contributed by atoms with Crippen LogP contribution >= 0.6 is 0 Å². The van der Waals surface area contributed by atoms with Gasteiger partial charge in [0.1, 0.15) is 17.1 Å². The van der Waals surface area contributed by atoms with E-state index in [1.807, 2.05) is 33.5 Å². The third-order valence-electron chi connectivity index (χ3n) is 10.0. The van der Waals surface area contributed by atoms with Crippen molar-refractivity contribution in [1.29, 1.82) is 0 Å². The summed E-state index contributed by atoms with van der Waals surface area (Å²) in [4.78, 5) is 36.8. The molecule has 0 bridgehead atoms. The van der Waals surface area contributed by atoms with Crippen molar-refractivity contribution in [3.8, 4) is 0 Å². The van der Waals surface area contributed by atoms with Gasteiger partial charge in [0.05, 0.1) is 6.10 Å². The van der Waals surface area contributed by atoms with Gasteiger partial charge in [0.15, 0.2) is 14.9 Å². The van der Waals surface area contributed by atoms with Crippen LogP contribution in [0.4, 0.5) is 4.39 Å². The molecule has 4 fully saturated rings. The molecule has 4 rings (SSSR count). The third kappa shape index (κ3) is 3.65. The van der Waals surface area contributed by atoms with Crippen LogP contribution < -0.4 is 0 Å². The van der Waals surface area contributed by atoms with Gasteiger partial charge in [-0.2, -0.15) is 0 Å². The summed E-state index contributed by atoms with van der Waals surface area (Å²) in [5.74, 6) is -1.38. The molecular weight excluding hydrogens is 455 g/mol. The summed E-state index contributed by atoms with van der Waals surface area (Å²) in [7, 11) is -2.19. The Hall–Kier alpha value is -1.12. The number of rotatable bonds is 5. The molecule has 0 aromatic heterocycles. The van der Waals surface area contributed by atoms with E-state index in [2.05, 4.69) is 0 Å². The number of hydrogen-bond acceptors (Lipinski definition) is 6. The molecular formula is C26H41FO6Si. The van der Waals surface area contributed by atoms with Crippen LogP contribution in [-0.4, -0.2) is 54.9 Å². The number of alkyl halides is 1. The average Bonchev–Trinajstić information content (AvgIpc) is 2.98. The first-order valence-corrected chi connectivity index (χ1v) is 16.3. The van der Waals surface area contributed by atoms with Gasteiger partial charge in [-0.25, -0.2) is 4.39 Å². The maximum Gasteiger partial charge on any atom is 0.303 e. The van der Waals surface area contributed by atoms with Gasteiger partial charge in [0, 0.05) is 30.6 Å². The summed E-state index contributed by atoms with van der Waals surface area (Å²) >= 11 is 0. The predicted octanol–water partition coefficient (Wildman–Crippen LogP) is 4.38.